The number of nitriles is 1. The van der Waals surface area contributed by atoms with Gasteiger partial charge < -0.3 is 0 Å². The monoisotopic (exact) mass is 527 g/mol. The zero-order valence-corrected chi connectivity index (χ0v) is 20.3. The topological polar surface area (TPSA) is 85.2 Å². The molecular formula is C25H18BrN7S. The van der Waals surface area contributed by atoms with Crippen molar-refractivity contribution in [3.63, 3.8) is 0 Å². The summed E-state index contributed by atoms with van der Waals surface area (Å²) < 4.78 is 4.63. The molecule has 0 spiro atoms. The molecule has 0 saturated carbocycles. The summed E-state index contributed by atoms with van der Waals surface area (Å²) in [6, 6.07) is 27.9. The summed E-state index contributed by atoms with van der Waals surface area (Å²) in [5.41, 5.74) is 4.64. The van der Waals surface area contributed by atoms with Gasteiger partial charge in [-0.15, -0.1) is 16.9 Å². The highest BCUT2D eigenvalue weighted by molar-refractivity contribution is 9.10. The molecule has 0 aliphatic heterocycles. The molecule has 2 aromatic heterocycles. The summed E-state index contributed by atoms with van der Waals surface area (Å²) in [6.45, 7) is 0.483. The maximum Gasteiger partial charge on any atom is 0.186 e. The van der Waals surface area contributed by atoms with Crippen LogP contribution in [0.5, 0.6) is 0 Å². The number of thioether (sulfide) groups is 1. The van der Waals surface area contributed by atoms with Crippen LogP contribution in [0.2, 0.25) is 0 Å². The van der Waals surface area contributed by atoms with E-state index < -0.39 is 0 Å². The van der Waals surface area contributed by atoms with Crippen LogP contribution in [0.4, 0.5) is 0 Å². The van der Waals surface area contributed by atoms with Crippen LogP contribution in [0.25, 0.3) is 17.1 Å². The molecule has 5 rings (SSSR count). The minimum absolute atomic E-state index is 0.483. The van der Waals surface area contributed by atoms with Crippen LogP contribution in [0.1, 0.15) is 16.7 Å². The van der Waals surface area contributed by atoms with Crippen molar-refractivity contribution in [1.82, 2.24) is 30.0 Å². The molecule has 0 aliphatic rings. The Morgan fingerprint density at radius 3 is 2.44 bits per heavy atom. The molecule has 0 unspecified atom stereocenters. The molecule has 0 bridgehead atoms. The number of hydrogen-bond acceptors (Lipinski definition) is 6. The van der Waals surface area contributed by atoms with Crippen LogP contribution in [-0.4, -0.2) is 30.0 Å². The van der Waals surface area contributed by atoms with E-state index in [9.17, 15) is 0 Å². The Kier molecular flexibility index (Phi) is 6.51. The van der Waals surface area contributed by atoms with Crippen molar-refractivity contribution in [2.45, 2.75) is 17.3 Å². The molecule has 0 radical (unpaired) electrons. The van der Waals surface area contributed by atoms with Crippen LogP contribution in [-0.2, 0) is 12.3 Å². The number of tetrazole rings is 1. The lowest BCUT2D eigenvalue weighted by molar-refractivity contribution is 0.652. The number of aromatic nitrogens is 6. The predicted molar refractivity (Wildman–Crippen MR) is 134 cm³/mol. The van der Waals surface area contributed by atoms with Crippen molar-refractivity contribution < 1.29 is 0 Å². The first-order chi connectivity index (χ1) is 16.7. The second kappa shape index (κ2) is 10.0. The molecule has 9 heteroatoms. The SMILES string of the molecule is N#Cc1ccc(Cn2nnnc2-c2cnn(-c3ccccc3Br)c2SCc2ccccc2)cc1. The molecule has 7 nitrogen and oxygen atoms in total. The Labute approximate surface area is 209 Å². The highest BCUT2D eigenvalue weighted by Gasteiger charge is 2.21. The van der Waals surface area contributed by atoms with E-state index in [-0.39, 0.29) is 0 Å². The second-order valence-corrected chi connectivity index (χ2v) is 9.29. The van der Waals surface area contributed by atoms with E-state index in [2.05, 4.69) is 49.7 Å². The molecule has 0 N–H and O–H groups in total. The minimum Gasteiger partial charge on any atom is -0.225 e. The van der Waals surface area contributed by atoms with Gasteiger partial charge in [-0.1, -0.05) is 54.6 Å². The Hall–Kier alpha value is -3.74. The quantitative estimate of drug-likeness (QED) is 0.260. The van der Waals surface area contributed by atoms with E-state index in [4.69, 9.17) is 10.4 Å². The Morgan fingerprint density at radius 2 is 1.68 bits per heavy atom. The molecule has 5 aromatic rings. The van der Waals surface area contributed by atoms with E-state index >= 15 is 0 Å². The van der Waals surface area contributed by atoms with Crippen LogP contribution >= 0.6 is 27.7 Å². The minimum atomic E-state index is 0.483. The van der Waals surface area contributed by atoms with E-state index in [1.165, 1.54) is 5.56 Å². The second-order valence-electron chi connectivity index (χ2n) is 7.47. The summed E-state index contributed by atoms with van der Waals surface area (Å²) in [6.07, 6.45) is 1.81. The molecule has 0 aliphatic carbocycles. The highest BCUT2D eigenvalue weighted by Crippen LogP contribution is 2.35. The zero-order valence-electron chi connectivity index (χ0n) is 17.9. The lowest BCUT2D eigenvalue weighted by Gasteiger charge is -2.11. The van der Waals surface area contributed by atoms with Crippen molar-refractivity contribution in [2.24, 2.45) is 0 Å². The van der Waals surface area contributed by atoms with Crippen LogP contribution in [0, 0.1) is 11.3 Å². The molecule has 3 aromatic carbocycles. The van der Waals surface area contributed by atoms with Crippen LogP contribution in [0.15, 0.2) is 94.6 Å². The average Bonchev–Trinajstić information content (AvgIpc) is 3.50. The average molecular weight is 528 g/mol. The van der Waals surface area contributed by atoms with Crippen molar-refractivity contribution in [2.75, 3.05) is 0 Å². The molecule has 0 atom stereocenters. The molecule has 0 saturated heterocycles. The number of para-hydroxylation sites is 1. The van der Waals surface area contributed by atoms with Gasteiger partial charge >= 0.3 is 0 Å². The zero-order chi connectivity index (χ0) is 23.3. The Bertz CT molecular complexity index is 1450. The van der Waals surface area contributed by atoms with Gasteiger partial charge in [-0.05, 0) is 61.7 Å². The molecule has 34 heavy (non-hydrogen) atoms. The fraction of sp³-hybridized carbons (Fsp3) is 0.0800. The fourth-order valence-electron chi connectivity index (χ4n) is 3.51. The third kappa shape index (κ3) is 4.64. The lowest BCUT2D eigenvalue weighted by atomic mass is 10.1. The lowest BCUT2D eigenvalue weighted by Crippen LogP contribution is -2.05. The highest BCUT2D eigenvalue weighted by atomic mass is 79.9. The number of nitrogens with zero attached hydrogens (tertiary/aromatic N) is 7. The molecule has 2 heterocycles. The van der Waals surface area contributed by atoms with Crippen molar-refractivity contribution in [1.29, 1.82) is 5.26 Å². The van der Waals surface area contributed by atoms with E-state index in [0.717, 1.165) is 32.1 Å². The van der Waals surface area contributed by atoms with Crippen LogP contribution < -0.4 is 0 Å². The van der Waals surface area contributed by atoms with Gasteiger partial charge in [0.25, 0.3) is 0 Å². The van der Waals surface area contributed by atoms with Gasteiger partial charge in [0.15, 0.2) is 5.82 Å². The first-order valence-corrected chi connectivity index (χ1v) is 12.3. The molecular weight excluding hydrogens is 510 g/mol. The third-order valence-electron chi connectivity index (χ3n) is 5.21. The summed E-state index contributed by atoms with van der Waals surface area (Å²) >= 11 is 5.34. The Balaban J connectivity index is 1.53. The van der Waals surface area contributed by atoms with Crippen molar-refractivity contribution in [3.05, 3.63) is 106 Å². The summed E-state index contributed by atoms with van der Waals surface area (Å²) in [5, 5.41) is 27.2. The van der Waals surface area contributed by atoms with Crippen LogP contribution in [0.3, 0.4) is 0 Å². The largest absolute Gasteiger partial charge is 0.225 e. The smallest absolute Gasteiger partial charge is 0.186 e. The number of rotatable bonds is 7. The van der Waals surface area contributed by atoms with E-state index in [1.807, 2.05) is 65.5 Å². The van der Waals surface area contributed by atoms with E-state index in [0.29, 0.717) is 17.9 Å². The van der Waals surface area contributed by atoms with Gasteiger partial charge in [0.1, 0.15) is 5.03 Å². The fourth-order valence-corrected chi connectivity index (χ4v) is 5.03. The normalized spacial score (nSPS) is 10.8. The van der Waals surface area contributed by atoms with Gasteiger partial charge in [0, 0.05) is 10.2 Å². The summed E-state index contributed by atoms with van der Waals surface area (Å²) in [4.78, 5) is 0. The molecule has 166 valence electrons. The predicted octanol–water partition coefficient (Wildman–Crippen LogP) is 5.50. The van der Waals surface area contributed by atoms with Crippen molar-refractivity contribution >= 4 is 27.7 Å². The molecule has 0 amide bonds. The Morgan fingerprint density at radius 1 is 0.912 bits per heavy atom. The van der Waals surface area contributed by atoms with Crippen molar-refractivity contribution in [3.8, 4) is 23.1 Å². The van der Waals surface area contributed by atoms with E-state index in [1.54, 1.807) is 28.6 Å². The van der Waals surface area contributed by atoms with Gasteiger partial charge in [0.2, 0.25) is 0 Å². The molecule has 0 fully saturated rings. The summed E-state index contributed by atoms with van der Waals surface area (Å²) in [5.74, 6) is 1.42. The first-order valence-electron chi connectivity index (χ1n) is 10.5. The first kappa shape index (κ1) is 22.1. The number of halogens is 1. The summed E-state index contributed by atoms with van der Waals surface area (Å²) in [7, 11) is 0. The maximum absolute atomic E-state index is 9.05. The van der Waals surface area contributed by atoms with Gasteiger partial charge in [-0.25, -0.2) is 9.36 Å². The number of hydrogen-bond donors (Lipinski definition) is 0. The standard InChI is InChI=1S/C25H18BrN7S/c26-22-8-4-5-9-23(22)33-25(34-17-20-6-2-1-3-7-20)21(15-28-33)24-29-30-31-32(24)16-19-12-10-18(14-27)11-13-19/h1-13,15H,16-17H2. The van der Waals surface area contributed by atoms with Gasteiger partial charge in [0.05, 0.1) is 35.6 Å². The van der Waals surface area contributed by atoms with Gasteiger partial charge in [-0.2, -0.15) is 10.4 Å². The third-order valence-corrected chi connectivity index (χ3v) is 7.03. The van der Waals surface area contributed by atoms with Gasteiger partial charge in [-0.3, -0.25) is 0 Å². The maximum atomic E-state index is 9.05. The number of benzene rings is 3.